The molecule has 1 aromatic carbocycles. The van der Waals surface area contributed by atoms with E-state index in [9.17, 15) is 4.39 Å². The van der Waals surface area contributed by atoms with Gasteiger partial charge in [0.1, 0.15) is 17.3 Å². The Bertz CT molecular complexity index is 494. The topological polar surface area (TPSA) is 25.8 Å². The number of aromatic nitrogens is 2. The van der Waals surface area contributed by atoms with Gasteiger partial charge in [-0.1, -0.05) is 29.8 Å². The minimum Gasteiger partial charge on any atom is -0.241 e. The normalized spacial score (nSPS) is 10.4. The number of hydrogen-bond acceptors (Lipinski definition) is 2. The molecule has 82 valence electrons. The van der Waals surface area contributed by atoms with Crippen LogP contribution in [0.5, 0.6) is 0 Å². The second kappa shape index (κ2) is 4.58. The van der Waals surface area contributed by atoms with Gasteiger partial charge in [0.25, 0.3) is 0 Å². The molecule has 0 aliphatic carbocycles. The molecule has 0 radical (unpaired) electrons. The maximum Gasteiger partial charge on any atom is 0.136 e. The van der Waals surface area contributed by atoms with Gasteiger partial charge in [-0.05, 0) is 18.6 Å². The Morgan fingerprint density at radius 3 is 2.69 bits per heavy atom. The van der Waals surface area contributed by atoms with E-state index in [2.05, 4.69) is 9.97 Å². The van der Waals surface area contributed by atoms with E-state index in [0.29, 0.717) is 17.1 Å². The standard InChI is InChI=1S/C12H10ClFN2/c1-8-10(12(13)16-7-15-8)6-9-4-2-3-5-11(9)14/h2-5,7H,6H2,1H3. The Labute approximate surface area is 98.1 Å². The Morgan fingerprint density at radius 2 is 2.00 bits per heavy atom. The zero-order valence-corrected chi connectivity index (χ0v) is 9.50. The lowest BCUT2D eigenvalue weighted by atomic mass is 10.1. The summed E-state index contributed by atoms with van der Waals surface area (Å²) in [6.45, 7) is 1.84. The molecule has 2 rings (SSSR count). The third-order valence-corrected chi connectivity index (χ3v) is 2.76. The Morgan fingerprint density at radius 1 is 1.25 bits per heavy atom. The minimum absolute atomic E-state index is 0.234. The van der Waals surface area contributed by atoms with Crippen LogP contribution in [0.2, 0.25) is 5.15 Å². The number of halogens is 2. The monoisotopic (exact) mass is 236 g/mol. The quantitative estimate of drug-likeness (QED) is 0.749. The van der Waals surface area contributed by atoms with E-state index < -0.39 is 0 Å². The molecule has 0 bridgehead atoms. The van der Waals surface area contributed by atoms with Gasteiger partial charge in [0.15, 0.2) is 0 Å². The average Bonchev–Trinajstić information content (AvgIpc) is 2.26. The highest BCUT2D eigenvalue weighted by Crippen LogP contribution is 2.20. The predicted molar refractivity (Wildman–Crippen MR) is 61.0 cm³/mol. The van der Waals surface area contributed by atoms with Crippen molar-refractivity contribution >= 4 is 11.6 Å². The van der Waals surface area contributed by atoms with Crippen LogP contribution in [0.25, 0.3) is 0 Å². The van der Waals surface area contributed by atoms with Crippen LogP contribution in [-0.2, 0) is 6.42 Å². The fourth-order valence-electron chi connectivity index (χ4n) is 1.50. The molecule has 0 saturated heterocycles. The fraction of sp³-hybridized carbons (Fsp3) is 0.167. The van der Waals surface area contributed by atoms with Crippen molar-refractivity contribution in [2.45, 2.75) is 13.3 Å². The summed E-state index contributed by atoms with van der Waals surface area (Å²) in [6, 6.07) is 6.63. The lowest BCUT2D eigenvalue weighted by molar-refractivity contribution is 0.613. The molecule has 0 atom stereocenters. The molecule has 16 heavy (non-hydrogen) atoms. The molecule has 0 amide bonds. The summed E-state index contributed by atoms with van der Waals surface area (Å²) in [6.07, 6.45) is 1.82. The molecule has 0 aliphatic heterocycles. The molecule has 0 aliphatic rings. The van der Waals surface area contributed by atoms with Gasteiger partial charge in [0, 0.05) is 17.7 Å². The van der Waals surface area contributed by atoms with Gasteiger partial charge in [-0.25, -0.2) is 14.4 Å². The molecule has 2 nitrogen and oxygen atoms in total. The van der Waals surface area contributed by atoms with Crippen molar-refractivity contribution in [3.05, 3.63) is 58.4 Å². The summed E-state index contributed by atoms with van der Waals surface area (Å²) in [4.78, 5) is 7.95. The molecule has 1 aromatic heterocycles. The van der Waals surface area contributed by atoms with Crippen LogP contribution in [0.15, 0.2) is 30.6 Å². The molecule has 4 heteroatoms. The van der Waals surface area contributed by atoms with Crippen molar-refractivity contribution in [3.8, 4) is 0 Å². The van der Waals surface area contributed by atoms with Gasteiger partial charge in [0.2, 0.25) is 0 Å². The van der Waals surface area contributed by atoms with Crippen LogP contribution in [0.4, 0.5) is 4.39 Å². The molecule has 0 unspecified atom stereocenters. The van der Waals surface area contributed by atoms with Crippen molar-refractivity contribution in [2.75, 3.05) is 0 Å². The Kier molecular flexibility index (Phi) is 3.15. The highest BCUT2D eigenvalue weighted by Gasteiger charge is 2.09. The first-order chi connectivity index (χ1) is 7.68. The maximum atomic E-state index is 13.5. The van der Waals surface area contributed by atoms with Gasteiger partial charge in [-0.15, -0.1) is 0 Å². The minimum atomic E-state index is -0.234. The average molecular weight is 237 g/mol. The highest BCUT2D eigenvalue weighted by molar-refractivity contribution is 6.30. The van der Waals surface area contributed by atoms with Crippen LogP contribution < -0.4 is 0 Å². The molecule has 0 fully saturated rings. The lowest BCUT2D eigenvalue weighted by Crippen LogP contribution is -1.99. The molecule has 0 N–H and O–H groups in total. The van der Waals surface area contributed by atoms with E-state index in [1.54, 1.807) is 18.2 Å². The van der Waals surface area contributed by atoms with Gasteiger partial charge < -0.3 is 0 Å². The summed E-state index contributed by atoms with van der Waals surface area (Å²) in [7, 11) is 0. The molecular weight excluding hydrogens is 227 g/mol. The zero-order valence-electron chi connectivity index (χ0n) is 8.74. The number of rotatable bonds is 2. The second-order valence-corrected chi connectivity index (χ2v) is 3.85. The summed E-state index contributed by atoms with van der Waals surface area (Å²) < 4.78 is 13.5. The van der Waals surface area contributed by atoms with Crippen molar-refractivity contribution in [2.24, 2.45) is 0 Å². The van der Waals surface area contributed by atoms with Crippen LogP contribution in [0, 0.1) is 12.7 Å². The first kappa shape index (κ1) is 11.0. The highest BCUT2D eigenvalue weighted by atomic mass is 35.5. The fourth-order valence-corrected chi connectivity index (χ4v) is 1.75. The Hall–Kier alpha value is -1.48. The molecule has 0 saturated carbocycles. The van der Waals surface area contributed by atoms with E-state index in [-0.39, 0.29) is 5.82 Å². The van der Waals surface area contributed by atoms with E-state index in [1.165, 1.54) is 12.4 Å². The molecular formula is C12H10ClFN2. The van der Waals surface area contributed by atoms with Crippen molar-refractivity contribution in [1.29, 1.82) is 0 Å². The lowest BCUT2D eigenvalue weighted by Gasteiger charge is -2.07. The van der Waals surface area contributed by atoms with Crippen molar-refractivity contribution in [3.63, 3.8) is 0 Å². The van der Waals surface area contributed by atoms with Gasteiger partial charge in [-0.3, -0.25) is 0 Å². The first-order valence-corrected chi connectivity index (χ1v) is 5.25. The van der Waals surface area contributed by atoms with E-state index >= 15 is 0 Å². The van der Waals surface area contributed by atoms with Gasteiger partial charge in [0.05, 0.1) is 0 Å². The second-order valence-electron chi connectivity index (χ2n) is 3.50. The number of hydrogen-bond donors (Lipinski definition) is 0. The molecule has 2 aromatic rings. The van der Waals surface area contributed by atoms with Crippen LogP contribution in [0.3, 0.4) is 0 Å². The van der Waals surface area contributed by atoms with E-state index in [0.717, 1.165) is 11.3 Å². The number of nitrogens with zero attached hydrogens (tertiary/aromatic N) is 2. The van der Waals surface area contributed by atoms with Gasteiger partial charge >= 0.3 is 0 Å². The van der Waals surface area contributed by atoms with Crippen molar-refractivity contribution in [1.82, 2.24) is 9.97 Å². The number of benzene rings is 1. The van der Waals surface area contributed by atoms with Crippen LogP contribution >= 0.6 is 11.6 Å². The zero-order chi connectivity index (χ0) is 11.5. The Balaban J connectivity index is 2.38. The van der Waals surface area contributed by atoms with Crippen LogP contribution in [0.1, 0.15) is 16.8 Å². The van der Waals surface area contributed by atoms with Crippen molar-refractivity contribution < 1.29 is 4.39 Å². The predicted octanol–water partition coefficient (Wildman–Crippen LogP) is 3.17. The van der Waals surface area contributed by atoms with E-state index in [1.807, 2.05) is 6.92 Å². The third-order valence-electron chi connectivity index (χ3n) is 2.43. The number of aryl methyl sites for hydroxylation is 1. The smallest absolute Gasteiger partial charge is 0.136 e. The third kappa shape index (κ3) is 2.19. The SMILES string of the molecule is Cc1ncnc(Cl)c1Cc1ccccc1F. The molecule has 0 spiro atoms. The van der Waals surface area contributed by atoms with E-state index in [4.69, 9.17) is 11.6 Å². The summed E-state index contributed by atoms with van der Waals surface area (Å²) >= 11 is 5.96. The maximum absolute atomic E-state index is 13.5. The summed E-state index contributed by atoms with van der Waals surface area (Å²) in [5.74, 6) is -0.234. The summed E-state index contributed by atoms with van der Waals surface area (Å²) in [5.41, 5.74) is 2.15. The largest absolute Gasteiger partial charge is 0.241 e. The van der Waals surface area contributed by atoms with Crippen LogP contribution in [-0.4, -0.2) is 9.97 Å². The summed E-state index contributed by atoms with van der Waals surface area (Å²) in [5, 5.41) is 0.385. The van der Waals surface area contributed by atoms with Gasteiger partial charge in [-0.2, -0.15) is 0 Å². The first-order valence-electron chi connectivity index (χ1n) is 4.88. The molecule has 1 heterocycles.